The van der Waals surface area contributed by atoms with Crippen molar-refractivity contribution in [3.8, 4) is 0 Å². The molecular formula is C14H23NO. The van der Waals surface area contributed by atoms with Gasteiger partial charge in [-0.15, -0.1) is 0 Å². The Bertz CT molecular complexity index is 301. The predicted molar refractivity (Wildman–Crippen MR) is 69.8 cm³/mol. The van der Waals surface area contributed by atoms with Gasteiger partial charge >= 0.3 is 0 Å². The summed E-state index contributed by atoms with van der Waals surface area (Å²) in [6.45, 7) is 6.23. The van der Waals surface area contributed by atoms with E-state index in [1.54, 1.807) is 6.92 Å². The maximum atomic E-state index is 9.44. The minimum Gasteiger partial charge on any atom is -0.389 e. The fourth-order valence-corrected chi connectivity index (χ4v) is 2.04. The Morgan fingerprint density at radius 3 is 2.00 bits per heavy atom. The molecule has 0 aliphatic carbocycles. The van der Waals surface area contributed by atoms with Crippen LogP contribution in [0.25, 0.3) is 0 Å². The first-order valence-corrected chi connectivity index (χ1v) is 6.11. The molecule has 16 heavy (non-hydrogen) atoms. The number of anilines is 1. The van der Waals surface area contributed by atoms with Crippen LogP contribution in [0, 0.1) is 0 Å². The molecule has 0 bridgehead atoms. The molecule has 1 N–H and O–H groups in total. The molecule has 1 unspecified atom stereocenters. The number of hydrogen-bond acceptors (Lipinski definition) is 2. The first kappa shape index (κ1) is 13.0. The summed E-state index contributed by atoms with van der Waals surface area (Å²) in [6.07, 6.45) is 1.93. The van der Waals surface area contributed by atoms with Crippen LogP contribution >= 0.6 is 0 Å². The van der Waals surface area contributed by atoms with Crippen LogP contribution in [0.2, 0.25) is 0 Å². The van der Waals surface area contributed by atoms with Crippen molar-refractivity contribution in [3.05, 3.63) is 29.8 Å². The first-order valence-electron chi connectivity index (χ1n) is 6.11. The SMILES string of the molecule is CCC(CC)N(C)c1ccc(C(C)O)cc1. The standard InChI is InChI=1S/C14H23NO/c1-5-13(6-2)15(4)14-9-7-12(8-10-14)11(3)16/h7-11,13,16H,5-6H2,1-4H3. The predicted octanol–water partition coefficient (Wildman–Crippen LogP) is 3.36. The van der Waals surface area contributed by atoms with Gasteiger partial charge in [0.1, 0.15) is 0 Å². The lowest BCUT2D eigenvalue weighted by Gasteiger charge is -2.28. The van der Waals surface area contributed by atoms with Crippen LogP contribution in [0.5, 0.6) is 0 Å². The topological polar surface area (TPSA) is 23.5 Å². The summed E-state index contributed by atoms with van der Waals surface area (Å²) in [5.41, 5.74) is 2.19. The number of benzene rings is 1. The fourth-order valence-electron chi connectivity index (χ4n) is 2.04. The highest BCUT2D eigenvalue weighted by Crippen LogP contribution is 2.21. The molecule has 1 rings (SSSR count). The number of hydrogen-bond donors (Lipinski definition) is 1. The summed E-state index contributed by atoms with van der Waals surface area (Å²) in [6, 6.07) is 8.76. The second-order valence-electron chi connectivity index (χ2n) is 4.35. The summed E-state index contributed by atoms with van der Waals surface area (Å²) >= 11 is 0. The van der Waals surface area contributed by atoms with Gasteiger partial charge in [-0.3, -0.25) is 0 Å². The summed E-state index contributed by atoms with van der Waals surface area (Å²) < 4.78 is 0. The summed E-state index contributed by atoms with van der Waals surface area (Å²) in [4.78, 5) is 2.31. The molecule has 0 aliphatic heterocycles. The lowest BCUT2D eigenvalue weighted by atomic mass is 10.1. The molecule has 0 aromatic heterocycles. The molecular weight excluding hydrogens is 198 g/mol. The van der Waals surface area contributed by atoms with E-state index in [0.717, 1.165) is 18.4 Å². The molecule has 0 heterocycles. The molecule has 0 fully saturated rings. The van der Waals surface area contributed by atoms with Gasteiger partial charge in [0.05, 0.1) is 6.10 Å². The van der Waals surface area contributed by atoms with E-state index < -0.39 is 0 Å². The van der Waals surface area contributed by atoms with Crippen molar-refractivity contribution in [2.24, 2.45) is 0 Å². The van der Waals surface area contributed by atoms with Crippen LogP contribution in [0.4, 0.5) is 5.69 Å². The van der Waals surface area contributed by atoms with Crippen LogP contribution in [-0.2, 0) is 0 Å². The molecule has 2 heteroatoms. The summed E-state index contributed by atoms with van der Waals surface area (Å²) in [5, 5.41) is 9.44. The van der Waals surface area contributed by atoms with E-state index in [1.807, 2.05) is 12.1 Å². The van der Waals surface area contributed by atoms with Crippen molar-refractivity contribution in [2.75, 3.05) is 11.9 Å². The minimum atomic E-state index is -0.382. The third-order valence-corrected chi connectivity index (χ3v) is 3.27. The van der Waals surface area contributed by atoms with Crippen molar-refractivity contribution in [1.29, 1.82) is 0 Å². The Labute approximate surface area is 98.9 Å². The molecule has 2 nitrogen and oxygen atoms in total. The van der Waals surface area contributed by atoms with E-state index in [0.29, 0.717) is 6.04 Å². The van der Waals surface area contributed by atoms with E-state index >= 15 is 0 Å². The lowest BCUT2D eigenvalue weighted by Crippen LogP contribution is -2.30. The number of nitrogens with zero attached hydrogens (tertiary/aromatic N) is 1. The lowest BCUT2D eigenvalue weighted by molar-refractivity contribution is 0.199. The van der Waals surface area contributed by atoms with Gasteiger partial charge in [-0.1, -0.05) is 26.0 Å². The van der Waals surface area contributed by atoms with Crippen molar-refractivity contribution in [1.82, 2.24) is 0 Å². The van der Waals surface area contributed by atoms with Crippen LogP contribution in [0.15, 0.2) is 24.3 Å². The second-order valence-corrected chi connectivity index (χ2v) is 4.35. The molecule has 1 atom stereocenters. The van der Waals surface area contributed by atoms with Gasteiger partial charge in [-0.25, -0.2) is 0 Å². The third-order valence-electron chi connectivity index (χ3n) is 3.27. The summed E-state index contributed by atoms with van der Waals surface area (Å²) in [7, 11) is 2.13. The van der Waals surface area contributed by atoms with Crippen molar-refractivity contribution >= 4 is 5.69 Å². The average molecular weight is 221 g/mol. The highest BCUT2D eigenvalue weighted by Gasteiger charge is 2.11. The van der Waals surface area contributed by atoms with E-state index in [-0.39, 0.29) is 6.10 Å². The Kier molecular flexibility index (Phi) is 4.81. The van der Waals surface area contributed by atoms with Crippen LogP contribution < -0.4 is 4.90 Å². The fraction of sp³-hybridized carbons (Fsp3) is 0.571. The summed E-state index contributed by atoms with van der Waals surface area (Å²) in [5.74, 6) is 0. The zero-order chi connectivity index (χ0) is 12.1. The smallest absolute Gasteiger partial charge is 0.0761 e. The van der Waals surface area contributed by atoms with Gasteiger partial charge < -0.3 is 10.0 Å². The average Bonchev–Trinajstić information content (AvgIpc) is 2.30. The van der Waals surface area contributed by atoms with Gasteiger partial charge in [0, 0.05) is 18.8 Å². The molecule has 0 radical (unpaired) electrons. The van der Waals surface area contributed by atoms with Gasteiger partial charge in [0.15, 0.2) is 0 Å². The molecule has 0 spiro atoms. The highest BCUT2D eigenvalue weighted by molar-refractivity contribution is 5.48. The number of aliphatic hydroxyl groups is 1. The van der Waals surface area contributed by atoms with Crippen LogP contribution in [-0.4, -0.2) is 18.2 Å². The van der Waals surface area contributed by atoms with Crippen LogP contribution in [0.3, 0.4) is 0 Å². The molecule has 0 aliphatic rings. The van der Waals surface area contributed by atoms with E-state index in [9.17, 15) is 5.11 Å². The number of rotatable bonds is 5. The second kappa shape index (κ2) is 5.90. The van der Waals surface area contributed by atoms with Gasteiger partial charge in [0.2, 0.25) is 0 Å². The van der Waals surface area contributed by atoms with Crippen molar-refractivity contribution < 1.29 is 5.11 Å². The molecule has 90 valence electrons. The van der Waals surface area contributed by atoms with Gasteiger partial charge in [-0.2, -0.15) is 0 Å². The maximum Gasteiger partial charge on any atom is 0.0761 e. The maximum absolute atomic E-state index is 9.44. The van der Waals surface area contributed by atoms with Gasteiger partial charge in [-0.05, 0) is 37.5 Å². The Hall–Kier alpha value is -1.02. The molecule has 0 amide bonds. The molecule has 0 saturated carbocycles. The van der Waals surface area contributed by atoms with E-state index in [2.05, 4.69) is 37.9 Å². The van der Waals surface area contributed by atoms with E-state index in [4.69, 9.17) is 0 Å². The Morgan fingerprint density at radius 2 is 1.62 bits per heavy atom. The third kappa shape index (κ3) is 2.99. The highest BCUT2D eigenvalue weighted by atomic mass is 16.3. The molecule has 1 aromatic rings. The Morgan fingerprint density at radius 1 is 1.12 bits per heavy atom. The number of aliphatic hydroxyl groups excluding tert-OH is 1. The normalized spacial score (nSPS) is 12.9. The zero-order valence-corrected chi connectivity index (χ0v) is 10.8. The molecule has 1 aromatic carbocycles. The Balaban J connectivity index is 2.80. The quantitative estimate of drug-likeness (QED) is 0.824. The molecule has 0 saturated heterocycles. The first-order chi connectivity index (χ1) is 7.60. The zero-order valence-electron chi connectivity index (χ0n) is 10.8. The van der Waals surface area contributed by atoms with Crippen molar-refractivity contribution in [2.45, 2.75) is 45.8 Å². The van der Waals surface area contributed by atoms with Crippen molar-refractivity contribution in [3.63, 3.8) is 0 Å². The largest absolute Gasteiger partial charge is 0.389 e. The minimum absolute atomic E-state index is 0.382. The van der Waals surface area contributed by atoms with Crippen LogP contribution in [0.1, 0.15) is 45.3 Å². The van der Waals surface area contributed by atoms with E-state index in [1.165, 1.54) is 5.69 Å². The van der Waals surface area contributed by atoms with Gasteiger partial charge in [0.25, 0.3) is 0 Å². The monoisotopic (exact) mass is 221 g/mol.